The number of nitrogens with one attached hydrogen (secondary N) is 2. The van der Waals surface area contributed by atoms with E-state index in [0.717, 1.165) is 0 Å². The monoisotopic (exact) mass is 362 g/mol. The second-order valence-corrected chi connectivity index (χ2v) is 5.28. The second kappa shape index (κ2) is 9.50. The highest BCUT2D eigenvalue weighted by atomic mass is 19.1. The molecule has 0 atom stereocenters. The van der Waals surface area contributed by atoms with Crippen molar-refractivity contribution >= 4 is 17.3 Å². The molecule has 140 valence electrons. The number of rotatable bonds is 9. The predicted molar refractivity (Wildman–Crippen MR) is 98.9 cm³/mol. The maximum atomic E-state index is 13.6. The van der Waals surface area contributed by atoms with Gasteiger partial charge in [-0.2, -0.15) is 0 Å². The van der Waals surface area contributed by atoms with Crippen LogP contribution in [0.1, 0.15) is 13.8 Å². The summed E-state index contributed by atoms with van der Waals surface area (Å²) in [6.07, 6.45) is 0. The lowest BCUT2D eigenvalue weighted by Crippen LogP contribution is -2.21. The molecule has 0 saturated carbocycles. The first kappa shape index (κ1) is 19.4. The molecule has 2 aromatic rings. The summed E-state index contributed by atoms with van der Waals surface area (Å²) < 4.78 is 29.5. The fraction of sp³-hybridized carbons (Fsp3) is 0.316. The smallest absolute Gasteiger partial charge is 0.243 e. The molecule has 26 heavy (non-hydrogen) atoms. The van der Waals surface area contributed by atoms with Crippen LogP contribution in [0.15, 0.2) is 36.4 Å². The third kappa shape index (κ3) is 5.27. The molecule has 0 fully saturated rings. The molecule has 0 bridgehead atoms. The molecule has 0 aliphatic rings. The van der Waals surface area contributed by atoms with E-state index in [1.807, 2.05) is 13.8 Å². The van der Waals surface area contributed by atoms with Gasteiger partial charge in [0.15, 0.2) is 23.1 Å². The van der Waals surface area contributed by atoms with Crippen molar-refractivity contribution in [2.24, 2.45) is 0 Å². The van der Waals surface area contributed by atoms with Crippen LogP contribution in [-0.4, -0.2) is 32.8 Å². The zero-order valence-electron chi connectivity index (χ0n) is 15.1. The van der Waals surface area contributed by atoms with Gasteiger partial charge in [-0.25, -0.2) is 4.39 Å². The van der Waals surface area contributed by atoms with Gasteiger partial charge in [0.1, 0.15) is 0 Å². The lowest BCUT2D eigenvalue weighted by molar-refractivity contribution is -0.114. The molecule has 0 aliphatic heterocycles. The lowest BCUT2D eigenvalue weighted by atomic mass is 10.2. The van der Waals surface area contributed by atoms with Gasteiger partial charge in [-0.15, -0.1) is 0 Å². The number of ether oxygens (including phenoxy) is 3. The zero-order valence-corrected chi connectivity index (χ0v) is 15.1. The number of benzene rings is 2. The quantitative estimate of drug-likeness (QED) is 0.712. The molecular weight excluding hydrogens is 339 g/mol. The largest absolute Gasteiger partial charge is 0.494 e. The van der Waals surface area contributed by atoms with E-state index in [1.54, 1.807) is 24.3 Å². The Morgan fingerprint density at radius 1 is 0.962 bits per heavy atom. The minimum atomic E-state index is -0.495. The molecule has 2 aromatic carbocycles. The first-order valence-electron chi connectivity index (χ1n) is 8.34. The van der Waals surface area contributed by atoms with Crippen LogP contribution < -0.4 is 24.8 Å². The Kier molecular flexibility index (Phi) is 7.08. The van der Waals surface area contributed by atoms with Crippen LogP contribution in [0.25, 0.3) is 0 Å². The van der Waals surface area contributed by atoms with Crippen LogP contribution in [0.2, 0.25) is 0 Å². The summed E-state index contributed by atoms with van der Waals surface area (Å²) >= 11 is 0. The zero-order chi connectivity index (χ0) is 18.9. The van der Waals surface area contributed by atoms with Crippen molar-refractivity contribution in [2.75, 3.05) is 37.5 Å². The highest BCUT2D eigenvalue weighted by molar-refractivity contribution is 5.94. The van der Waals surface area contributed by atoms with E-state index < -0.39 is 5.82 Å². The summed E-state index contributed by atoms with van der Waals surface area (Å²) in [7, 11) is 1.40. The fourth-order valence-electron chi connectivity index (χ4n) is 2.29. The maximum Gasteiger partial charge on any atom is 0.243 e. The van der Waals surface area contributed by atoms with E-state index >= 15 is 0 Å². The van der Waals surface area contributed by atoms with Gasteiger partial charge in [0, 0.05) is 23.5 Å². The van der Waals surface area contributed by atoms with Crippen LogP contribution in [0.4, 0.5) is 15.8 Å². The van der Waals surface area contributed by atoms with Crippen LogP contribution in [-0.2, 0) is 4.79 Å². The molecule has 0 unspecified atom stereocenters. The summed E-state index contributed by atoms with van der Waals surface area (Å²) in [5.41, 5.74) is 1.07. The van der Waals surface area contributed by atoms with Crippen molar-refractivity contribution in [3.8, 4) is 17.2 Å². The van der Waals surface area contributed by atoms with Crippen LogP contribution in [0.5, 0.6) is 17.2 Å². The Balaban J connectivity index is 1.96. The number of carbonyl (C=O) groups is 1. The maximum absolute atomic E-state index is 13.6. The summed E-state index contributed by atoms with van der Waals surface area (Å²) in [5, 5.41) is 5.63. The van der Waals surface area contributed by atoms with Crippen molar-refractivity contribution in [3.05, 3.63) is 42.2 Å². The normalized spacial score (nSPS) is 10.2. The van der Waals surface area contributed by atoms with Gasteiger partial charge < -0.3 is 24.8 Å². The van der Waals surface area contributed by atoms with Crippen molar-refractivity contribution in [2.45, 2.75) is 13.8 Å². The lowest BCUT2D eigenvalue weighted by Gasteiger charge is -2.13. The predicted octanol–water partition coefficient (Wildman–Crippen LogP) is 3.68. The first-order chi connectivity index (χ1) is 12.6. The van der Waals surface area contributed by atoms with Crippen LogP contribution in [0.3, 0.4) is 0 Å². The Labute approximate surface area is 152 Å². The average molecular weight is 362 g/mol. The van der Waals surface area contributed by atoms with Gasteiger partial charge in [-0.05, 0) is 38.1 Å². The molecular formula is C19H23FN2O4. The Morgan fingerprint density at radius 3 is 2.27 bits per heavy atom. The van der Waals surface area contributed by atoms with E-state index in [-0.39, 0.29) is 18.2 Å². The summed E-state index contributed by atoms with van der Waals surface area (Å²) in [6, 6.07) is 9.60. The highest BCUT2D eigenvalue weighted by Gasteiger charge is 2.09. The number of amides is 1. The average Bonchev–Trinajstić information content (AvgIpc) is 2.62. The molecule has 0 radical (unpaired) electrons. The molecule has 1 amide bonds. The van der Waals surface area contributed by atoms with Gasteiger partial charge in [-0.1, -0.05) is 0 Å². The number of hydrogen-bond acceptors (Lipinski definition) is 5. The number of anilines is 2. The molecule has 0 heterocycles. The number of carbonyl (C=O) groups excluding carboxylic acids is 1. The highest BCUT2D eigenvalue weighted by Crippen LogP contribution is 2.30. The topological polar surface area (TPSA) is 68.8 Å². The minimum Gasteiger partial charge on any atom is -0.494 e. The van der Waals surface area contributed by atoms with E-state index in [2.05, 4.69) is 10.6 Å². The third-order valence-corrected chi connectivity index (χ3v) is 3.43. The summed E-state index contributed by atoms with van der Waals surface area (Å²) in [6.45, 7) is 4.76. The molecule has 2 N–H and O–H groups in total. The van der Waals surface area contributed by atoms with Gasteiger partial charge >= 0.3 is 0 Å². The number of halogens is 1. The molecule has 7 heteroatoms. The molecule has 0 saturated heterocycles. The van der Waals surface area contributed by atoms with Crippen molar-refractivity contribution in [1.29, 1.82) is 0 Å². The molecule has 2 rings (SSSR count). The van der Waals surface area contributed by atoms with Crippen LogP contribution >= 0.6 is 0 Å². The van der Waals surface area contributed by atoms with Gasteiger partial charge in [0.2, 0.25) is 5.91 Å². The standard InChI is InChI=1S/C19H23FN2O4/c1-4-25-17-9-7-14(11-18(17)26-5-2)22-19(23)12-21-13-6-8-16(24-3)15(20)10-13/h6-11,21H,4-5,12H2,1-3H3,(H,22,23). The van der Waals surface area contributed by atoms with Gasteiger partial charge in [-0.3, -0.25) is 4.79 Å². The molecule has 0 spiro atoms. The minimum absolute atomic E-state index is 0.0110. The Bertz CT molecular complexity index is 752. The Morgan fingerprint density at radius 2 is 1.62 bits per heavy atom. The van der Waals surface area contributed by atoms with Crippen molar-refractivity contribution < 1.29 is 23.4 Å². The fourth-order valence-corrected chi connectivity index (χ4v) is 2.29. The van der Waals surface area contributed by atoms with E-state index in [9.17, 15) is 9.18 Å². The third-order valence-electron chi connectivity index (χ3n) is 3.43. The molecule has 6 nitrogen and oxygen atoms in total. The second-order valence-electron chi connectivity index (χ2n) is 5.28. The summed E-state index contributed by atoms with van der Waals surface area (Å²) in [4.78, 5) is 12.1. The summed E-state index contributed by atoms with van der Waals surface area (Å²) in [5.74, 6) is 0.577. The van der Waals surface area contributed by atoms with Crippen LogP contribution in [0, 0.1) is 5.82 Å². The van der Waals surface area contributed by atoms with E-state index in [1.165, 1.54) is 19.2 Å². The first-order valence-corrected chi connectivity index (χ1v) is 8.34. The molecule has 0 aliphatic carbocycles. The van der Waals surface area contributed by atoms with Gasteiger partial charge in [0.05, 0.1) is 26.9 Å². The van der Waals surface area contributed by atoms with Crippen molar-refractivity contribution in [1.82, 2.24) is 0 Å². The SMILES string of the molecule is CCOc1ccc(NC(=O)CNc2ccc(OC)c(F)c2)cc1OCC. The van der Waals surface area contributed by atoms with Gasteiger partial charge in [0.25, 0.3) is 0 Å². The Hall–Kier alpha value is -2.96. The van der Waals surface area contributed by atoms with E-state index in [4.69, 9.17) is 14.2 Å². The molecule has 0 aromatic heterocycles. The van der Waals surface area contributed by atoms with Crippen molar-refractivity contribution in [3.63, 3.8) is 0 Å². The number of methoxy groups -OCH3 is 1. The number of hydrogen-bond donors (Lipinski definition) is 2. The van der Waals surface area contributed by atoms with E-state index in [0.29, 0.717) is 36.1 Å².